The van der Waals surface area contributed by atoms with E-state index >= 15 is 0 Å². The van der Waals surface area contributed by atoms with Gasteiger partial charge in [0, 0.05) is 27.9 Å². The van der Waals surface area contributed by atoms with Crippen molar-refractivity contribution in [2.45, 2.75) is 0 Å². The highest BCUT2D eigenvalue weighted by Crippen LogP contribution is 2.29. The normalized spacial score (nSPS) is 10.8. The first kappa shape index (κ1) is 18.9. The van der Waals surface area contributed by atoms with Crippen molar-refractivity contribution < 1.29 is 14.1 Å². The molecule has 4 aromatic rings. The van der Waals surface area contributed by atoms with Crippen LogP contribution in [0.25, 0.3) is 22.6 Å². The monoisotopic (exact) mass is 427 g/mol. The number of nitro benzene ring substituents is 1. The lowest BCUT2D eigenvalue weighted by atomic mass is 10.1. The second-order valence-electron chi connectivity index (χ2n) is 6.09. The van der Waals surface area contributed by atoms with Crippen molar-refractivity contribution >= 4 is 51.6 Å². The summed E-state index contributed by atoms with van der Waals surface area (Å²) in [6.45, 7) is 0. The minimum Gasteiger partial charge on any atom is -0.436 e. The number of halogens is 2. The molecule has 0 aliphatic rings. The van der Waals surface area contributed by atoms with Gasteiger partial charge >= 0.3 is 0 Å². The first-order valence-corrected chi connectivity index (χ1v) is 9.08. The summed E-state index contributed by atoms with van der Waals surface area (Å²) in [4.78, 5) is 27.3. The molecule has 0 spiro atoms. The second-order valence-corrected chi connectivity index (χ2v) is 6.93. The Morgan fingerprint density at radius 1 is 1.07 bits per heavy atom. The van der Waals surface area contributed by atoms with Gasteiger partial charge in [-0.3, -0.25) is 14.9 Å². The first-order valence-electron chi connectivity index (χ1n) is 8.32. The Morgan fingerprint density at radius 2 is 1.90 bits per heavy atom. The molecule has 0 aliphatic heterocycles. The fourth-order valence-electron chi connectivity index (χ4n) is 2.75. The molecular formula is C20H11Cl2N3O4. The highest BCUT2D eigenvalue weighted by Gasteiger charge is 2.17. The number of aromatic nitrogens is 1. The van der Waals surface area contributed by atoms with Gasteiger partial charge in [-0.15, -0.1) is 0 Å². The average Bonchev–Trinajstić information content (AvgIpc) is 3.11. The van der Waals surface area contributed by atoms with E-state index in [-0.39, 0.29) is 16.3 Å². The van der Waals surface area contributed by atoms with Crippen molar-refractivity contribution in [3.8, 4) is 11.5 Å². The van der Waals surface area contributed by atoms with Crippen LogP contribution in [-0.2, 0) is 0 Å². The van der Waals surface area contributed by atoms with Crippen LogP contribution in [0.5, 0.6) is 0 Å². The molecule has 144 valence electrons. The molecule has 0 atom stereocenters. The quantitative estimate of drug-likeness (QED) is 0.319. The Balaban J connectivity index is 1.61. The summed E-state index contributed by atoms with van der Waals surface area (Å²) in [5, 5.41) is 14.2. The summed E-state index contributed by atoms with van der Waals surface area (Å²) >= 11 is 11.8. The Bertz CT molecular complexity index is 1270. The molecule has 9 heteroatoms. The number of rotatable bonds is 4. The van der Waals surface area contributed by atoms with E-state index in [0.29, 0.717) is 33.3 Å². The van der Waals surface area contributed by atoms with Crippen molar-refractivity contribution in [2.75, 3.05) is 5.32 Å². The number of carbonyl (C=O) groups excluding carboxylic acids is 1. The van der Waals surface area contributed by atoms with Crippen molar-refractivity contribution in [3.05, 3.63) is 86.4 Å². The summed E-state index contributed by atoms with van der Waals surface area (Å²) < 4.78 is 5.74. The molecule has 4 rings (SSSR count). The van der Waals surface area contributed by atoms with Crippen LogP contribution in [-0.4, -0.2) is 15.8 Å². The minimum absolute atomic E-state index is 0.0374. The van der Waals surface area contributed by atoms with Crippen molar-refractivity contribution in [3.63, 3.8) is 0 Å². The number of nitro groups is 1. The van der Waals surface area contributed by atoms with E-state index in [4.69, 9.17) is 27.6 Å². The molecule has 1 N–H and O–H groups in total. The maximum atomic E-state index is 12.5. The lowest BCUT2D eigenvalue weighted by molar-refractivity contribution is -0.384. The summed E-state index contributed by atoms with van der Waals surface area (Å²) in [6, 6.07) is 15.9. The number of carbonyl (C=O) groups is 1. The fraction of sp³-hybridized carbons (Fsp3) is 0. The van der Waals surface area contributed by atoms with Crippen molar-refractivity contribution in [1.29, 1.82) is 0 Å². The number of amides is 1. The number of nitrogens with zero attached hydrogens (tertiary/aromatic N) is 2. The van der Waals surface area contributed by atoms with E-state index in [0.717, 1.165) is 6.07 Å². The molecule has 0 bridgehead atoms. The van der Waals surface area contributed by atoms with E-state index in [2.05, 4.69) is 10.3 Å². The summed E-state index contributed by atoms with van der Waals surface area (Å²) in [7, 11) is 0. The number of fused-ring (bicyclic) bond motifs is 1. The van der Waals surface area contributed by atoms with Crippen LogP contribution in [0.4, 0.5) is 11.4 Å². The maximum Gasteiger partial charge on any atom is 0.288 e. The van der Waals surface area contributed by atoms with Crippen molar-refractivity contribution in [2.24, 2.45) is 0 Å². The molecule has 0 saturated heterocycles. The zero-order chi connectivity index (χ0) is 20.5. The molecular weight excluding hydrogens is 417 g/mol. The van der Waals surface area contributed by atoms with Gasteiger partial charge in [-0.1, -0.05) is 29.3 Å². The Labute approximate surface area is 174 Å². The molecule has 0 unspecified atom stereocenters. The van der Waals surface area contributed by atoms with E-state index in [1.807, 2.05) is 0 Å². The van der Waals surface area contributed by atoms with Crippen LogP contribution in [0.15, 0.2) is 65.1 Å². The summed E-state index contributed by atoms with van der Waals surface area (Å²) in [6.07, 6.45) is 0. The van der Waals surface area contributed by atoms with E-state index < -0.39 is 10.8 Å². The molecule has 0 fully saturated rings. The highest BCUT2D eigenvalue weighted by atomic mass is 35.5. The highest BCUT2D eigenvalue weighted by molar-refractivity contribution is 6.32. The van der Waals surface area contributed by atoms with Gasteiger partial charge in [0.2, 0.25) is 5.89 Å². The molecule has 1 amide bonds. The number of hydrogen-bond donors (Lipinski definition) is 1. The van der Waals surface area contributed by atoms with Gasteiger partial charge in [-0.25, -0.2) is 4.98 Å². The fourth-order valence-corrected chi connectivity index (χ4v) is 3.10. The zero-order valence-electron chi connectivity index (χ0n) is 14.6. The Kier molecular flexibility index (Phi) is 4.92. The van der Waals surface area contributed by atoms with Gasteiger partial charge in [0.15, 0.2) is 5.58 Å². The molecule has 3 aromatic carbocycles. The van der Waals surface area contributed by atoms with Crippen LogP contribution in [0.2, 0.25) is 10.0 Å². The number of hydrogen-bond acceptors (Lipinski definition) is 5. The third kappa shape index (κ3) is 3.91. The zero-order valence-corrected chi connectivity index (χ0v) is 16.1. The Morgan fingerprint density at radius 3 is 2.69 bits per heavy atom. The van der Waals surface area contributed by atoms with Gasteiger partial charge in [-0.05, 0) is 48.5 Å². The SMILES string of the molecule is O=C(Nc1cccc(-c2nc3cc(Cl)ccc3o2)c1)c1ccc(Cl)c([N+](=O)[O-])c1. The third-order valence-corrected chi connectivity index (χ3v) is 4.68. The molecule has 0 saturated carbocycles. The predicted molar refractivity (Wildman–Crippen MR) is 111 cm³/mol. The van der Waals surface area contributed by atoms with E-state index in [9.17, 15) is 14.9 Å². The third-order valence-electron chi connectivity index (χ3n) is 4.12. The van der Waals surface area contributed by atoms with Crippen LogP contribution < -0.4 is 5.32 Å². The molecule has 0 aliphatic carbocycles. The molecule has 7 nitrogen and oxygen atoms in total. The van der Waals surface area contributed by atoms with Gasteiger partial charge in [0.05, 0.1) is 4.92 Å². The lowest BCUT2D eigenvalue weighted by Crippen LogP contribution is -2.12. The minimum atomic E-state index is -0.640. The van der Waals surface area contributed by atoms with Crippen LogP contribution in [0.3, 0.4) is 0 Å². The molecule has 0 radical (unpaired) electrons. The number of benzene rings is 3. The van der Waals surface area contributed by atoms with Crippen LogP contribution in [0.1, 0.15) is 10.4 Å². The number of anilines is 1. The van der Waals surface area contributed by atoms with E-state index in [1.54, 1.807) is 42.5 Å². The van der Waals surface area contributed by atoms with Gasteiger partial charge in [-0.2, -0.15) is 0 Å². The number of oxazole rings is 1. The summed E-state index contributed by atoms with van der Waals surface area (Å²) in [5.74, 6) is -0.133. The lowest BCUT2D eigenvalue weighted by Gasteiger charge is -2.07. The van der Waals surface area contributed by atoms with Gasteiger partial charge in [0.25, 0.3) is 11.6 Å². The maximum absolute atomic E-state index is 12.5. The van der Waals surface area contributed by atoms with Crippen LogP contribution in [0, 0.1) is 10.1 Å². The average molecular weight is 428 g/mol. The van der Waals surface area contributed by atoms with Gasteiger partial charge in [0.1, 0.15) is 10.5 Å². The molecule has 29 heavy (non-hydrogen) atoms. The molecule has 1 aromatic heterocycles. The topological polar surface area (TPSA) is 98.3 Å². The Hall–Kier alpha value is -3.42. The van der Waals surface area contributed by atoms with Gasteiger partial charge < -0.3 is 9.73 Å². The summed E-state index contributed by atoms with van der Waals surface area (Å²) in [5.41, 5.74) is 2.12. The standard InChI is InChI=1S/C20H11Cl2N3O4/c21-13-5-7-18-16(10-13)24-20(29-18)12-2-1-3-14(8-12)23-19(26)11-4-6-15(22)17(9-11)25(27)28/h1-10H,(H,23,26). The first-order chi connectivity index (χ1) is 13.9. The second kappa shape index (κ2) is 7.54. The van der Waals surface area contributed by atoms with E-state index in [1.165, 1.54) is 12.1 Å². The number of nitrogens with one attached hydrogen (secondary N) is 1. The molecule has 1 heterocycles. The predicted octanol–water partition coefficient (Wildman–Crippen LogP) is 5.96. The van der Waals surface area contributed by atoms with Crippen molar-refractivity contribution in [1.82, 2.24) is 4.98 Å². The smallest absolute Gasteiger partial charge is 0.288 e. The largest absolute Gasteiger partial charge is 0.436 e. The van der Waals surface area contributed by atoms with Crippen LogP contribution >= 0.6 is 23.2 Å².